The van der Waals surface area contributed by atoms with Crippen LogP contribution < -0.4 is 0 Å². The van der Waals surface area contributed by atoms with Crippen molar-refractivity contribution in [3.05, 3.63) is 22.8 Å². The lowest BCUT2D eigenvalue weighted by atomic mass is 9.81. The zero-order chi connectivity index (χ0) is 7.68. The minimum atomic E-state index is 1.30. The molecule has 0 aromatic heterocycles. The van der Waals surface area contributed by atoms with Crippen molar-refractivity contribution in [3.63, 3.8) is 0 Å². The molecule has 60 valence electrons. The van der Waals surface area contributed by atoms with Crippen LogP contribution in [-0.4, -0.2) is 0 Å². The van der Waals surface area contributed by atoms with E-state index < -0.39 is 0 Å². The predicted molar refractivity (Wildman–Crippen MR) is 48.5 cm³/mol. The van der Waals surface area contributed by atoms with Gasteiger partial charge in [0, 0.05) is 0 Å². The Morgan fingerprint density at radius 2 is 1.55 bits per heavy atom. The van der Waals surface area contributed by atoms with E-state index in [0.717, 1.165) is 0 Å². The fraction of sp³-hybridized carbons (Fsp3) is 0.636. The average molecular weight is 148 g/mol. The fourth-order valence-electron chi connectivity index (χ4n) is 2.03. The van der Waals surface area contributed by atoms with Gasteiger partial charge in [-0.2, -0.15) is 0 Å². The van der Waals surface area contributed by atoms with Crippen LogP contribution in [-0.2, 0) is 0 Å². The number of allylic oxidation sites excluding steroid dienone is 4. The molecule has 0 radical (unpaired) electrons. The van der Waals surface area contributed by atoms with Crippen LogP contribution >= 0.6 is 0 Å². The zero-order valence-electron chi connectivity index (χ0n) is 7.32. The second kappa shape index (κ2) is 2.84. The van der Waals surface area contributed by atoms with Crippen LogP contribution in [0, 0.1) is 0 Å². The highest BCUT2D eigenvalue weighted by molar-refractivity contribution is 5.27. The quantitative estimate of drug-likeness (QED) is 0.460. The summed E-state index contributed by atoms with van der Waals surface area (Å²) in [5.74, 6) is 0. The SMILES string of the molecule is C/C1=C/CCC2=C(CC2)CC1. The van der Waals surface area contributed by atoms with Gasteiger partial charge in [-0.25, -0.2) is 0 Å². The molecule has 0 heterocycles. The third-order valence-corrected chi connectivity index (χ3v) is 2.99. The van der Waals surface area contributed by atoms with Crippen LogP contribution in [0.25, 0.3) is 0 Å². The zero-order valence-corrected chi connectivity index (χ0v) is 7.32. The van der Waals surface area contributed by atoms with Gasteiger partial charge in [-0.05, 0) is 45.4 Å². The van der Waals surface area contributed by atoms with Gasteiger partial charge in [0.1, 0.15) is 0 Å². The van der Waals surface area contributed by atoms with Crippen LogP contribution in [0.5, 0.6) is 0 Å². The molecule has 0 unspecified atom stereocenters. The Labute approximate surface area is 69.0 Å². The second-order valence-corrected chi connectivity index (χ2v) is 3.80. The molecule has 0 aliphatic heterocycles. The summed E-state index contributed by atoms with van der Waals surface area (Å²) >= 11 is 0. The molecule has 0 bridgehead atoms. The molecule has 2 aliphatic rings. The first-order chi connectivity index (χ1) is 5.36. The third-order valence-electron chi connectivity index (χ3n) is 2.99. The molecular formula is C11H16. The Morgan fingerprint density at radius 3 is 2.27 bits per heavy atom. The Balaban J connectivity index is 2.06. The lowest BCUT2D eigenvalue weighted by molar-refractivity contribution is 0.668. The van der Waals surface area contributed by atoms with Gasteiger partial charge in [-0.3, -0.25) is 0 Å². The molecule has 0 saturated carbocycles. The van der Waals surface area contributed by atoms with E-state index in [1.54, 1.807) is 16.7 Å². The van der Waals surface area contributed by atoms with Crippen molar-refractivity contribution in [1.82, 2.24) is 0 Å². The van der Waals surface area contributed by atoms with Gasteiger partial charge < -0.3 is 0 Å². The molecule has 0 saturated heterocycles. The molecule has 0 N–H and O–H groups in total. The Kier molecular flexibility index (Phi) is 1.85. The van der Waals surface area contributed by atoms with E-state index in [1.807, 2.05) is 0 Å². The number of hydrogen-bond donors (Lipinski definition) is 0. The van der Waals surface area contributed by atoms with Gasteiger partial charge in [0.2, 0.25) is 0 Å². The smallest absolute Gasteiger partial charge is 0.0280 e. The Morgan fingerprint density at radius 1 is 0.909 bits per heavy atom. The normalized spacial score (nSPS) is 29.4. The molecule has 0 fully saturated rings. The van der Waals surface area contributed by atoms with E-state index in [0.29, 0.717) is 0 Å². The van der Waals surface area contributed by atoms with Crippen molar-refractivity contribution in [3.8, 4) is 0 Å². The number of rotatable bonds is 0. The van der Waals surface area contributed by atoms with Gasteiger partial charge in [0.15, 0.2) is 0 Å². The molecule has 0 nitrogen and oxygen atoms in total. The predicted octanol–water partition coefficient (Wildman–Crippen LogP) is 3.60. The lowest BCUT2D eigenvalue weighted by Crippen LogP contribution is -2.06. The molecule has 2 rings (SSSR count). The third kappa shape index (κ3) is 1.40. The van der Waals surface area contributed by atoms with Gasteiger partial charge in [0.05, 0.1) is 0 Å². The monoisotopic (exact) mass is 148 g/mol. The second-order valence-electron chi connectivity index (χ2n) is 3.80. The maximum atomic E-state index is 2.42. The molecule has 0 heteroatoms. The summed E-state index contributed by atoms with van der Waals surface area (Å²) < 4.78 is 0. The molecule has 0 spiro atoms. The van der Waals surface area contributed by atoms with Gasteiger partial charge in [0.25, 0.3) is 0 Å². The average Bonchev–Trinajstić information content (AvgIpc) is 1.94. The summed E-state index contributed by atoms with van der Waals surface area (Å²) in [5, 5.41) is 0. The molecular weight excluding hydrogens is 132 g/mol. The molecule has 11 heavy (non-hydrogen) atoms. The van der Waals surface area contributed by atoms with E-state index in [9.17, 15) is 0 Å². The maximum absolute atomic E-state index is 2.42. The van der Waals surface area contributed by atoms with Crippen molar-refractivity contribution >= 4 is 0 Å². The fourth-order valence-corrected chi connectivity index (χ4v) is 2.03. The van der Waals surface area contributed by atoms with Crippen LogP contribution in [0.1, 0.15) is 45.4 Å². The maximum Gasteiger partial charge on any atom is -0.0280 e. The van der Waals surface area contributed by atoms with E-state index in [1.165, 1.54) is 38.5 Å². The summed E-state index contributed by atoms with van der Waals surface area (Å²) in [6.07, 6.45) is 10.6. The van der Waals surface area contributed by atoms with Crippen LogP contribution in [0.4, 0.5) is 0 Å². The van der Waals surface area contributed by atoms with Crippen LogP contribution in [0.2, 0.25) is 0 Å². The summed E-state index contributed by atoms with van der Waals surface area (Å²) in [5.41, 5.74) is 5.18. The van der Waals surface area contributed by atoms with E-state index in [-0.39, 0.29) is 0 Å². The minimum Gasteiger partial charge on any atom is -0.0853 e. The molecule has 0 atom stereocenters. The highest BCUT2D eigenvalue weighted by Crippen LogP contribution is 2.36. The molecule has 2 aliphatic carbocycles. The van der Waals surface area contributed by atoms with Crippen molar-refractivity contribution in [2.24, 2.45) is 0 Å². The van der Waals surface area contributed by atoms with E-state index >= 15 is 0 Å². The first-order valence-electron chi connectivity index (χ1n) is 4.71. The minimum absolute atomic E-state index is 1.30. The van der Waals surface area contributed by atoms with Gasteiger partial charge >= 0.3 is 0 Å². The van der Waals surface area contributed by atoms with E-state index in [2.05, 4.69) is 13.0 Å². The standard InChI is InChI=1S/C11H16/c1-9-3-2-4-10-7-8-11(10)6-5-9/h3H,2,4-8H2,1H3/b9-3-. The molecule has 0 aromatic carbocycles. The number of hydrogen-bond acceptors (Lipinski definition) is 0. The first kappa shape index (κ1) is 7.15. The highest BCUT2D eigenvalue weighted by atomic mass is 14.2. The van der Waals surface area contributed by atoms with Crippen LogP contribution in [0.15, 0.2) is 22.8 Å². The van der Waals surface area contributed by atoms with Gasteiger partial charge in [-0.1, -0.05) is 22.8 Å². The topological polar surface area (TPSA) is 0 Å². The Hall–Kier alpha value is -0.520. The molecule has 0 aromatic rings. The van der Waals surface area contributed by atoms with E-state index in [4.69, 9.17) is 0 Å². The van der Waals surface area contributed by atoms with Crippen molar-refractivity contribution in [2.75, 3.05) is 0 Å². The summed E-state index contributed by atoms with van der Waals surface area (Å²) in [4.78, 5) is 0. The van der Waals surface area contributed by atoms with Crippen molar-refractivity contribution in [1.29, 1.82) is 0 Å². The molecule has 0 amide bonds. The summed E-state index contributed by atoms with van der Waals surface area (Å²) in [6.45, 7) is 2.27. The van der Waals surface area contributed by atoms with Crippen molar-refractivity contribution < 1.29 is 0 Å². The van der Waals surface area contributed by atoms with Crippen molar-refractivity contribution in [2.45, 2.75) is 45.4 Å². The van der Waals surface area contributed by atoms with Crippen LogP contribution in [0.3, 0.4) is 0 Å². The van der Waals surface area contributed by atoms with Gasteiger partial charge in [-0.15, -0.1) is 0 Å². The lowest BCUT2D eigenvalue weighted by Gasteiger charge is -2.25. The summed E-state index contributed by atoms with van der Waals surface area (Å²) in [7, 11) is 0. The largest absolute Gasteiger partial charge is 0.0853 e. The highest BCUT2D eigenvalue weighted by Gasteiger charge is 2.16. The first-order valence-corrected chi connectivity index (χ1v) is 4.71. The summed E-state index contributed by atoms with van der Waals surface area (Å²) in [6, 6.07) is 0. The Bertz CT molecular complexity index is 218.